The Balaban J connectivity index is 2.30. The fourth-order valence-corrected chi connectivity index (χ4v) is 3.74. The van der Waals surface area contributed by atoms with E-state index >= 15 is 0 Å². The molecule has 0 bridgehead atoms. The number of methoxy groups -OCH3 is 4. The molecule has 0 unspecified atom stereocenters. The van der Waals surface area contributed by atoms with Gasteiger partial charge in [0, 0.05) is 0 Å². The summed E-state index contributed by atoms with van der Waals surface area (Å²) >= 11 is 0. The number of benzene rings is 2. The van der Waals surface area contributed by atoms with Gasteiger partial charge in [0.1, 0.15) is 57.4 Å². The molecule has 0 aliphatic rings. The van der Waals surface area contributed by atoms with E-state index in [0.717, 1.165) is 5.56 Å². The zero-order valence-electron chi connectivity index (χ0n) is 24.2. The summed E-state index contributed by atoms with van der Waals surface area (Å²) in [5, 5.41) is 2.91. The van der Waals surface area contributed by atoms with Crippen molar-refractivity contribution in [3.63, 3.8) is 0 Å². The Morgan fingerprint density at radius 1 is 0.643 bits per heavy atom. The lowest BCUT2D eigenvalue weighted by Crippen LogP contribution is -2.36. The van der Waals surface area contributed by atoms with Gasteiger partial charge in [0.15, 0.2) is 0 Å². The van der Waals surface area contributed by atoms with E-state index < -0.39 is 23.9 Å². The summed E-state index contributed by atoms with van der Waals surface area (Å²) in [5.74, 6) is -1.67. The van der Waals surface area contributed by atoms with E-state index in [1.165, 1.54) is 38.2 Å². The zero-order valence-corrected chi connectivity index (χ0v) is 24.2. The van der Waals surface area contributed by atoms with Crippen molar-refractivity contribution < 1.29 is 47.6 Å². The number of nitrogens with zero attached hydrogens (tertiary/aromatic N) is 3. The molecule has 0 heterocycles. The molecule has 2 aromatic rings. The van der Waals surface area contributed by atoms with E-state index in [0.29, 0.717) is 22.7 Å². The van der Waals surface area contributed by atoms with Crippen LogP contribution in [0.1, 0.15) is 11.1 Å². The van der Waals surface area contributed by atoms with Gasteiger partial charge in [-0.05, 0) is 42.3 Å². The fraction of sp³-hybridized carbons (Fsp3) is 0.429. The van der Waals surface area contributed by atoms with Crippen LogP contribution in [-0.4, -0.2) is 91.7 Å². The fourth-order valence-electron chi connectivity index (χ4n) is 3.74. The summed E-state index contributed by atoms with van der Waals surface area (Å²) in [7, 11) is 4.94. The molecule has 0 saturated carbocycles. The molecule has 0 atom stereocenters. The topological polar surface area (TPSA) is 160 Å². The van der Waals surface area contributed by atoms with Crippen LogP contribution in [0.3, 0.4) is 0 Å². The number of nitroso groups, excluding NO2 is 1. The van der Waals surface area contributed by atoms with Gasteiger partial charge in [-0.25, -0.2) is 0 Å². The number of aryl methyl sites for hydroxylation is 1. The third kappa shape index (κ3) is 10.3. The second-order valence-electron chi connectivity index (χ2n) is 8.77. The summed E-state index contributed by atoms with van der Waals surface area (Å²) in [6, 6.07) is 10.0. The Bertz CT molecular complexity index is 1220. The van der Waals surface area contributed by atoms with Crippen molar-refractivity contribution in [3.8, 4) is 11.5 Å². The minimum absolute atomic E-state index is 0.00333. The number of carbonyl (C=O) groups excluding carboxylic acids is 4. The number of hydrogen-bond donors (Lipinski definition) is 0. The number of anilines is 2. The lowest BCUT2D eigenvalue weighted by molar-refractivity contribution is -0.141. The standard InChI is InChI=1S/C28H35N3O11/c1-19-6-8-21(30(15-25(32)37-2)16-26(33)38-3)23(12-19)41-10-11-42-24-13-20(14-29-36)7-9-22(24)31(17-27(34)39-4)18-28(35)40-5/h6-9,12-13H,10-11,14-18H2,1-5H3. The third-order valence-electron chi connectivity index (χ3n) is 5.86. The molecule has 0 N–H and O–H groups in total. The molecule has 42 heavy (non-hydrogen) atoms. The third-order valence-corrected chi connectivity index (χ3v) is 5.86. The van der Waals surface area contributed by atoms with Gasteiger partial charge in [-0.2, -0.15) is 4.91 Å². The molecule has 0 amide bonds. The highest BCUT2D eigenvalue weighted by atomic mass is 16.5. The molecule has 0 aromatic heterocycles. The van der Waals surface area contributed by atoms with Crippen LogP contribution in [0.5, 0.6) is 11.5 Å². The zero-order chi connectivity index (χ0) is 31.1. The van der Waals surface area contributed by atoms with E-state index in [9.17, 15) is 24.1 Å². The summed E-state index contributed by atoms with van der Waals surface area (Å²) in [5.41, 5.74) is 2.24. The van der Waals surface area contributed by atoms with E-state index in [-0.39, 0.29) is 51.7 Å². The Hall–Kier alpha value is -4.88. The van der Waals surface area contributed by atoms with Gasteiger partial charge in [-0.3, -0.25) is 19.2 Å². The monoisotopic (exact) mass is 589 g/mol. The largest absolute Gasteiger partial charge is 0.488 e. The predicted molar refractivity (Wildman–Crippen MR) is 151 cm³/mol. The average Bonchev–Trinajstić information content (AvgIpc) is 2.98. The number of rotatable bonds is 17. The highest BCUT2D eigenvalue weighted by Crippen LogP contribution is 2.32. The smallest absolute Gasteiger partial charge is 0.325 e. The highest BCUT2D eigenvalue weighted by molar-refractivity contribution is 5.83. The minimum atomic E-state index is -0.595. The molecular weight excluding hydrogens is 554 g/mol. The van der Waals surface area contributed by atoms with E-state index in [4.69, 9.17) is 28.4 Å². The number of esters is 4. The van der Waals surface area contributed by atoms with Gasteiger partial charge in [0.25, 0.3) is 0 Å². The summed E-state index contributed by atoms with van der Waals surface area (Å²) in [6.07, 6.45) is 0. The number of carbonyl (C=O) groups is 4. The first-order valence-corrected chi connectivity index (χ1v) is 12.7. The van der Waals surface area contributed by atoms with Crippen molar-refractivity contribution >= 4 is 35.3 Å². The maximum atomic E-state index is 12.1. The maximum absolute atomic E-state index is 12.1. The average molecular weight is 590 g/mol. The van der Waals surface area contributed by atoms with Crippen LogP contribution in [0.2, 0.25) is 0 Å². The summed E-state index contributed by atoms with van der Waals surface area (Å²) in [4.78, 5) is 61.9. The quantitative estimate of drug-likeness (QED) is 0.114. The van der Waals surface area contributed by atoms with Crippen LogP contribution in [0.25, 0.3) is 0 Å². The molecule has 2 aromatic carbocycles. The van der Waals surface area contributed by atoms with Crippen molar-refractivity contribution in [1.82, 2.24) is 0 Å². The SMILES string of the molecule is COC(=O)CN(CC(=O)OC)c1ccc(C)cc1OCCOc1cc(CN=O)ccc1N(CC(=O)OC)CC(=O)OC. The first-order valence-electron chi connectivity index (χ1n) is 12.7. The molecule has 0 saturated heterocycles. The van der Waals surface area contributed by atoms with Gasteiger partial charge in [-0.15, -0.1) is 0 Å². The Kier molecular flexibility index (Phi) is 13.5. The van der Waals surface area contributed by atoms with E-state index in [1.807, 2.05) is 6.92 Å². The van der Waals surface area contributed by atoms with Crippen LogP contribution in [0.15, 0.2) is 41.6 Å². The van der Waals surface area contributed by atoms with Gasteiger partial charge in [0.2, 0.25) is 0 Å². The number of ether oxygens (including phenoxy) is 6. The normalized spacial score (nSPS) is 10.2. The maximum Gasteiger partial charge on any atom is 0.325 e. The van der Waals surface area contributed by atoms with E-state index in [1.54, 1.807) is 36.4 Å². The lowest BCUT2D eigenvalue weighted by atomic mass is 10.1. The van der Waals surface area contributed by atoms with E-state index in [2.05, 4.69) is 5.18 Å². The molecule has 0 fully saturated rings. The summed E-state index contributed by atoms with van der Waals surface area (Å²) in [6.45, 7) is 0.760. The van der Waals surface area contributed by atoms with Crippen molar-refractivity contribution in [2.45, 2.75) is 13.5 Å². The second kappa shape index (κ2) is 17.0. The first kappa shape index (κ1) is 33.3. The Labute approximate surface area is 243 Å². The molecule has 0 aliphatic carbocycles. The molecule has 0 aliphatic heterocycles. The molecule has 228 valence electrons. The highest BCUT2D eigenvalue weighted by Gasteiger charge is 2.22. The summed E-state index contributed by atoms with van der Waals surface area (Å²) < 4.78 is 31.0. The van der Waals surface area contributed by atoms with Crippen LogP contribution >= 0.6 is 0 Å². The Morgan fingerprint density at radius 2 is 1.05 bits per heavy atom. The van der Waals surface area contributed by atoms with Crippen LogP contribution in [0.4, 0.5) is 11.4 Å². The van der Waals surface area contributed by atoms with Crippen molar-refractivity contribution in [2.75, 3.05) is 77.6 Å². The molecule has 0 radical (unpaired) electrons. The molecule has 0 spiro atoms. The van der Waals surface area contributed by atoms with Crippen molar-refractivity contribution in [1.29, 1.82) is 0 Å². The van der Waals surface area contributed by atoms with Crippen LogP contribution < -0.4 is 19.3 Å². The van der Waals surface area contributed by atoms with Gasteiger partial charge in [0.05, 0.1) is 39.8 Å². The van der Waals surface area contributed by atoms with Gasteiger partial charge in [-0.1, -0.05) is 17.3 Å². The van der Waals surface area contributed by atoms with Gasteiger partial charge < -0.3 is 38.2 Å². The second-order valence-corrected chi connectivity index (χ2v) is 8.77. The van der Waals surface area contributed by atoms with Crippen molar-refractivity contribution in [3.05, 3.63) is 52.4 Å². The van der Waals surface area contributed by atoms with Crippen LogP contribution in [-0.2, 0) is 44.7 Å². The molecular formula is C28H35N3O11. The molecule has 2 rings (SSSR count). The number of hydrogen-bond acceptors (Lipinski definition) is 14. The lowest BCUT2D eigenvalue weighted by Gasteiger charge is -2.26. The van der Waals surface area contributed by atoms with Crippen molar-refractivity contribution in [2.24, 2.45) is 5.18 Å². The molecule has 14 nitrogen and oxygen atoms in total. The first-order chi connectivity index (χ1) is 20.1. The predicted octanol–water partition coefficient (Wildman–Crippen LogP) is 2.02. The van der Waals surface area contributed by atoms with Gasteiger partial charge >= 0.3 is 23.9 Å². The Morgan fingerprint density at radius 3 is 1.45 bits per heavy atom. The molecule has 14 heteroatoms. The minimum Gasteiger partial charge on any atom is -0.488 e. The van der Waals surface area contributed by atoms with Crippen LogP contribution in [0, 0.1) is 11.8 Å².